The molecule has 1 N–H and O–H groups in total. The fourth-order valence-corrected chi connectivity index (χ4v) is 2.43. The Hall–Kier alpha value is -3.55. The van der Waals surface area contributed by atoms with E-state index < -0.39 is 0 Å². The molecule has 118 valence electrons. The van der Waals surface area contributed by atoms with Gasteiger partial charge in [0.25, 0.3) is 0 Å². The number of nitrogens with one attached hydrogen (secondary N) is 1. The van der Waals surface area contributed by atoms with Gasteiger partial charge < -0.3 is 9.84 Å². The molecule has 0 unspecified atom stereocenters. The zero-order chi connectivity index (χ0) is 16.4. The maximum absolute atomic E-state index is 12.3. The van der Waals surface area contributed by atoms with Crippen LogP contribution >= 0.6 is 0 Å². The molecular formula is C16H12N6O2. The van der Waals surface area contributed by atoms with Gasteiger partial charge in [0.15, 0.2) is 5.58 Å². The third-order valence-electron chi connectivity index (χ3n) is 3.52. The summed E-state index contributed by atoms with van der Waals surface area (Å²) in [5.41, 5.74) is 2.69. The minimum atomic E-state index is -0.178. The predicted octanol–water partition coefficient (Wildman–Crippen LogP) is 1.98. The normalized spacial score (nSPS) is 10.8. The number of carbonyl (C=O) groups is 1. The van der Waals surface area contributed by atoms with Crippen molar-refractivity contribution < 1.29 is 9.32 Å². The summed E-state index contributed by atoms with van der Waals surface area (Å²) in [7, 11) is 0. The van der Waals surface area contributed by atoms with E-state index in [1.54, 1.807) is 12.1 Å². The number of hydrogen-bond donors (Lipinski definition) is 1. The number of aromatic nitrogens is 5. The molecule has 0 radical (unpaired) electrons. The molecule has 2 heterocycles. The Kier molecular flexibility index (Phi) is 3.47. The van der Waals surface area contributed by atoms with E-state index in [-0.39, 0.29) is 12.3 Å². The molecule has 2 aromatic carbocycles. The van der Waals surface area contributed by atoms with Crippen LogP contribution in [-0.2, 0) is 11.2 Å². The summed E-state index contributed by atoms with van der Waals surface area (Å²) < 4.78 is 6.73. The molecule has 24 heavy (non-hydrogen) atoms. The zero-order valence-electron chi connectivity index (χ0n) is 12.5. The van der Waals surface area contributed by atoms with Crippen molar-refractivity contribution in [2.24, 2.45) is 0 Å². The fraction of sp³-hybridized carbons (Fsp3) is 0.0625. The van der Waals surface area contributed by atoms with E-state index in [4.69, 9.17) is 4.52 Å². The van der Waals surface area contributed by atoms with E-state index in [0.717, 1.165) is 11.1 Å². The molecule has 0 spiro atoms. The summed E-state index contributed by atoms with van der Waals surface area (Å²) >= 11 is 0. The standard InChI is InChI=1S/C16H12N6O2/c23-16(9-14-13-6-1-2-7-15(13)24-19-14)18-11-4-3-5-12(8-11)22-10-17-20-21-22/h1-8,10H,9H2,(H,18,23). The van der Waals surface area contributed by atoms with Crippen LogP contribution in [0.3, 0.4) is 0 Å². The number of benzene rings is 2. The molecule has 0 aliphatic rings. The second kappa shape index (κ2) is 5.92. The van der Waals surface area contributed by atoms with E-state index in [1.807, 2.05) is 36.4 Å². The van der Waals surface area contributed by atoms with Gasteiger partial charge in [-0.2, -0.15) is 0 Å². The maximum Gasteiger partial charge on any atom is 0.230 e. The number of fused-ring (bicyclic) bond motifs is 1. The average Bonchev–Trinajstić information content (AvgIpc) is 3.26. The Morgan fingerprint density at radius 3 is 2.96 bits per heavy atom. The largest absolute Gasteiger partial charge is 0.356 e. The molecule has 0 bridgehead atoms. The van der Waals surface area contributed by atoms with Crippen molar-refractivity contribution in [3.8, 4) is 5.69 Å². The lowest BCUT2D eigenvalue weighted by Gasteiger charge is -2.06. The summed E-state index contributed by atoms with van der Waals surface area (Å²) in [6.07, 6.45) is 1.62. The molecule has 1 amide bonds. The maximum atomic E-state index is 12.3. The molecule has 4 aromatic rings. The second-order valence-corrected chi connectivity index (χ2v) is 5.16. The summed E-state index contributed by atoms with van der Waals surface area (Å²) in [5.74, 6) is -0.178. The summed E-state index contributed by atoms with van der Waals surface area (Å²) in [6.45, 7) is 0. The van der Waals surface area contributed by atoms with Crippen LogP contribution < -0.4 is 5.32 Å². The Labute approximate surface area is 136 Å². The molecule has 0 atom stereocenters. The number of nitrogens with zero attached hydrogens (tertiary/aromatic N) is 5. The highest BCUT2D eigenvalue weighted by Gasteiger charge is 2.12. The van der Waals surface area contributed by atoms with Crippen LogP contribution in [0.25, 0.3) is 16.7 Å². The van der Waals surface area contributed by atoms with Crippen molar-refractivity contribution >= 4 is 22.6 Å². The molecule has 2 aromatic heterocycles. The predicted molar refractivity (Wildman–Crippen MR) is 85.5 cm³/mol. The highest BCUT2D eigenvalue weighted by Crippen LogP contribution is 2.19. The quantitative estimate of drug-likeness (QED) is 0.617. The summed E-state index contributed by atoms with van der Waals surface area (Å²) in [5, 5.41) is 18.7. The van der Waals surface area contributed by atoms with Gasteiger partial charge in [-0.3, -0.25) is 4.79 Å². The minimum absolute atomic E-state index is 0.131. The minimum Gasteiger partial charge on any atom is -0.356 e. The lowest BCUT2D eigenvalue weighted by Crippen LogP contribution is -2.15. The molecule has 0 aliphatic carbocycles. The Bertz CT molecular complexity index is 993. The number of amides is 1. The first kappa shape index (κ1) is 14.1. The highest BCUT2D eigenvalue weighted by atomic mass is 16.5. The van der Waals surface area contributed by atoms with Crippen LogP contribution in [0.2, 0.25) is 0 Å². The number of anilines is 1. The zero-order valence-corrected chi connectivity index (χ0v) is 12.5. The van der Waals surface area contributed by atoms with Crippen LogP contribution in [0.5, 0.6) is 0 Å². The highest BCUT2D eigenvalue weighted by molar-refractivity contribution is 5.94. The first-order valence-electron chi connectivity index (χ1n) is 7.26. The van der Waals surface area contributed by atoms with Crippen molar-refractivity contribution in [3.63, 3.8) is 0 Å². The SMILES string of the molecule is O=C(Cc1noc2ccccc12)Nc1cccc(-n2cnnn2)c1. The Balaban J connectivity index is 1.51. The van der Waals surface area contributed by atoms with Gasteiger partial charge in [0.1, 0.15) is 12.0 Å². The van der Waals surface area contributed by atoms with Crippen LogP contribution in [0.15, 0.2) is 59.4 Å². The fourth-order valence-electron chi connectivity index (χ4n) is 2.43. The van der Waals surface area contributed by atoms with Crippen LogP contribution in [-0.4, -0.2) is 31.3 Å². The van der Waals surface area contributed by atoms with E-state index in [0.29, 0.717) is 17.0 Å². The monoisotopic (exact) mass is 320 g/mol. The van der Waals surface area contributed by atoms with Crippen LogP contribution in [0.1, 0.15) is 5.69 Å². The number of rotatable bonds is 4. The summed E-state index contributed by atoms with van der Waals surface area (Å²) in [6, 6.07) is 14.7. The topological polar surface area (TPSA) is 98.7 Å². The van der Waals surface area contributed by atoms with Crippen molar-refractivity contribution in [1.82, 2.24) is 25.4 Å². The van der Waals surface area contributed by atoms with Gasteiger partial charge in [0, 0.05) is 11.1 Å². The smallest absolute Gasteiger partial charge is 0.230 e. The number of carbonyl (C=O) groups excluding carboxylic acids is 1. The first-order chi connectivity index (χ1) is 11.8. The Morgan fingerprint density at radius 2 is 2.08 bits per heavy atom. The van der Waals surface area contributed by atoms with Crippen molar-refractivity contribution in [1.29, 1.82) is 0 Å². The van der Waals surface area contributed by atoms with Gasteiger partial charge in [-0.1, -0.05) is 23.4 Å². The summed E-state index contributed by atoms with van der Waals surface area (Å²) in [4.78, 5) is 12.3. The number of tetrazole rings is 1. The van der Waals surface area contributed by atoms with Gasteiger partial charge in [0.05, 0.1) is 12.1 Å². The third kappa shape index (κ3) is 2.72. The first-order valence-corrected chi connectivity index (χ1v) is 7.26. The van der Waals surface area contributed by atoms with Crippen LogP contribution in [0, 0.1) is 0 Å². The second-order valence-electron chi connectivity index (χ2n) is 5.16. The Morgan fingerprint density at radius 1 is 1.17 bits per heavy atom. The number of hydrogen-bond acceptors (Lipinski definition) is 6. The molecule has 4 rings (SSSR count). The lowest BCUT2D eigenvalue weighted by molar-refractivity contribution is -0.115. The third-order valence-corrected chi connectivity index (χ3v) is 3.52. The molecule has 0 saturated heterocycles. The van der Waals surface area contributed by atoms with Crippen LogP contribution in [0.4, 0.5) is 5.69 Å². The molecule has 0 fully saturated rings. The molecule has 0 saturated carbocycles. The van der Waals surface area contributed by atoms with Gasteiger partial charge in [-0.05, 0) is 40.8 Å². The van der Waals surface area contributed by atoms with Crippen molar-refractivity contribution in [2.45, 2.75) is 6.42 Å². The van der Waals surface area contributed by atoms with Gasteiger partial charge >= 0.3 is 0 Å². The van der Waals surface area contributed by atoms with Gasteiger partial charge in [-0.25, -0.2) is 4.68 Å². The van der Waals surface area contributed by atoms with E-state index in [1.165, 1.54) is 11.0 Å². The van der Waals surface area contributed by atoms with Crippen molar-refractivity contribution in [2.75, 3.05) is 5.32 Å². The van der Waals surface area contributed by atoms with Gasteiger partial charge in [-0.15, -0.1) is 5.10 Å². The van der Waals surface area contributed by atoms with Gasteiger partial charge in [0.2, 0.25) is 5.91 Å². The molecule has 8 heteroatoms. The van der Waals surface area contributed by atoms with E-state index in [2.05, 4.69) is 26.0 Å². The lowest BCUT2D eigenvalue weighted by atomic mass is 10.1. The van der Waals surface area contributed by atoms with E-state index >= 15 is 0 Å². The number of para-hydroxylation sites is 1. The molecular weight excluding hydrogens is 308 g/mol. The molecule has 8 nitrogen and oxygen atoms in total. The molecule has 0 aliphatic heterocycles. The average molecular weight is 320 g/mol. The van der Waals surface area contributed by atoms with Crippen molar-refractivity contribution in [3.05, 3.63) is 60.6 Å². The van der Waals surface area contributed by atoms with E-state index in [9.17, 15) is 4.79 Å².